The van der Waals surface area contributed by atoms with Gasteiger partial charge in [0.25, 0.3) is 0 Å². The Hall–Kier alpha value is -0.810. The number of hydrogen-bond donors (Lipinski definition) is 3. The average molecular weight is 292 g/mol. The van der Waals surface area contributed by atoms with Gasteiger partial charge in [-0.3, -0.25) is 9.59 Å². The molecule has 5 nitrogen and oxygen atoms in total. The van der Waals surface area contributed by atoms with Crippen LogP contribution in [0.25, 0.3) is 0 Å². The van der Waals surface area contributed by atoms with Gasteiger partial charge in [0.1, 0.15) is 6.04 Å². The first-order valence-corrected chi connectivity index (χ1v) is 6.63. The van der Waals surface area contributed by atoms with E-state index in [0.717, 1.165) is 25.9 Å². The Morgan fingerprint density at radius 1 is 1.21 bits per heavy atom. The molecule has 6 heteroatoms. The molecule has 3 N–H and O–H groups in total. The van der Waals surface area contributed by atoms with E-state index in [0.29, 0.717) is 0 Å². The molecule has 0 bridgehead atoms. The summed E-state index contributed by atoms with van der Waals surface area (Å²) in [6, 6.07) is -0.480. The monoisotopic (exact) mass is 291 g/mol. The quantitative estimate of drug-likeness (QED) is 0.721. The highest BCUT2D eigenvalue weighted by atomic mass is 35.5. The van der Waals surface area contributed by atoms with E-state index in [1.165, 1.54) is 0 Å². The van der Waals surface area contributed by atoms with Gasteiger partial charge in [0, 0.05) is 11.5 Å². The number of hydrogen-bond acceptors (Lipinski definition) is 3. The van der Waals surface area contributed by atoms with E-state index < -0.39 is 6.04 Å². The molecule has 112 valence electrons. The lowest BCUT2D eigenvalue weighted by molar-refractivity contribution is -0.131. The maximum atomic E-state index is 12.0. The molecule has 1 heterocycles. The van der Waals surface area contributed by atoms with Gasteiger partial charge in [0.2, 0.25) is 11.8 Å². The van der Waals surface area contributed by atoms with Crippen molar-refractivity contribution < 1.29 is 9.59 Å². The number of amides is 2. The first-order valence-electron chi connectivity index (χ1n) is 6.63. The predicted molar refractivity (Wildman–Crippen MR) is 78.3 cm³/mol. The van der Waals surface area contributed by atoms with Crippen LogP contribution in [0.2, 0.25) is 0 Å². The van der Waals surface area contributed by atoms with Gasteiger partial charge >= 0.3 is 0 Å². The third-order valence-electron chi connectivity index (χ3n) is 2.96. The van der Waals surface area contributed by atoms with Crippen LogP contribution in [0.3, 0.4) is 0 Å². The van der Waals surface area contributed by atoms with Crippen LogP contribution in [0, 0.1) is 5.92 Å². The highest BCUT2D eigenvalue weighted by Crippen LogP contribution is 2.11. The summed E-state index contributed by atoms with van der Waals surface area (Å²) in [4.78, 5) is 23.8. The van der Waals surface area contributed by atoms with Crippen molar-refractivity contribution >= 4 is 24.2 Å². The van der Waals surface area contributed by atoms with Crippen molar-refractivity contribution in [3.8, 4) is 0 Å². The summed E-state index contributed by atoms with van der Waals surface area (Å²) in [7, 11) is 0. The number of carbonyl (C=O) groups excluding carboxylic acids is 2. The van der Waals surface area contributed by atoms with Crippen LogP contribution >= 0.6 is 12.4 Å². The minimum absolute atomic E-state index is 0. The third-order valence-corrected chi connectivity index (χ3v) is 2.96. The highest BCUT2D eigenvalue weighted by molar-refractivity contribution is 5.88. The predicted octanol–water partition coefficient (Wildman–Crippen LogP) is 0.827. The fourth-order valence-electron chi connectivity index (χ4n) is 1.96. The molecule has 0 aliphatic carbocycles. The zero-order valence-electron chi connectivity index (χ0n) is 12.2. The molecule has 0 radical (unpaired) electrons. The second-order valence-corrected chi connectivity index (χ2v) is 5.99. The molecule has 19 heavy (non-hydrogen) atoms. The molecule has 2 amide bonds. The number of rotatable bonds is 3. The number of halogens is 1. The number of piperidine rings is 1. The maximum absolute atomic E-state index is 12.0. The Balaban J connectivity index is 0.00000324. The molecule has 0 aromatic carbocycles. The summed E-state index contributed by atoms with van der Waals surface area (Å²) in [6.45, 7) is 9.24. The SMILES string of the molecule is CC(NC(=O)C1CCNCC1)C(=O)NC(C)(C)C.Cl. The van der Waals surface area contributed by atoms with Crippen molar-refractivity contribution in [2.24, 2.45) is 5.92 Å². The van der Waals surface area contributed by atoms with E-state index in [4.69, 9.17) is 0 Å². The normalized spacial score (nSPS) is 18.1. The van der Waals surface area contributed by atoms with Gasteiger partial charge in [-0.2, -0.15) is 0 Å². The lowest BCUT2D eigenvalue weighted by Gasteiger charge is -2.26. The number of nitrogens with one attached hydrogen (secondary N) is 3. The van der Waals surface area contributed by atoms with Crippen LogP contribution < -0.4 is 16.0 Å². The summed E-state index contributed by atoms with van der Waals surface area (Å²) in [6.07, 6.45) is 1.69. The Morgan fingerprint density at radius 2 is 1.74 bits per heavy atom. The summed E-state index contributed by atoms with van der Waals surface area (Å²) in [5, 5.41) is 8.87. The topological polar surface area (TPSA) is 70.2 Å². The van der Waals surface area contributed by atoms with Crippen molar-refractivity contribution in [3.63, 3.8) is 0 Å². The van der Waals surface area contributed by atoms with Crippen molar-refractivity contribution in [1.29, 1.82) is 0 Å². The molecular weight excluding hydrogens is 266 g/mol. The van der Waals surface area contributed by atoms with Gasteiger partial charge < -0.3 is 16.0 Å². The van der Waals surface area contributed by atoms with E-state index in [-0.39, 0.29) is 35.7 Å². The Bertz CT molecular complexity index is 310. The van der Waals surface area contributed by atoms with Gasteiger partial charge in [0.05, 0.1) is 0 Å². The molecule has 1 aliphatic rings. The summed E-state index contributed by atoms with van der Waals surface area (Å²) in [5.41, 5.74) is -0.273. The average Bonchev–Trinajstić information content (AvgIpc) is 2.27. The minimum atomic E-state index is -0.480. The molecule has 1 aliphatic heterocycles. The molecule has 0 aromatic rings. The summed E-state index contributed by atoms with van der Waals surface area (Å²) >= 11 is 0. The van der Waals surface area contributed by atoms with E-state index in [1.807, 2.05) is 20.8 Å². The Morgan fingerprint density at radius 3 is 2.21 bits per heavy atom. The fraction of sp³-hybridized carbons (Fsp3) is 0.846. The molecule has 1 unspecified atom stereocenters. The molecule has 0 spiro atoms. The summed E-state index contributed by atoms with van der Waals surface area (Å²) in [5.74, 6) is -0.103. The number of carbonyl (C=O) groups is 2. The van der Waals surface area contributed by atoms with E-state index in [9.17, 15) is 9.59 Å². The summed E-state index contributed by atoms with van der Waals surface area (Å²) < 4.78 is 0. The van der Waals surface area contributed by atoms with E-state index in [2.05, 4.69) is 16.0 Å². The van der Waals surface area contributed by atoms with Gasteiger partial charge in [-0.05, 0) is 53.6 Å². The maximum Gasteiger partial charge on any atom is 0.242 e. The second-order valence-electron chi connectivity index (χ2n) is 5.99. The first kappa shape index (κ1) is 18.2. The van der Waals surface area contributed by atoms with Crippen molar-refractivity contribution in [3.05, 3.63) is 0 Å². The van der Waals surface area contributed by atoms with Crippen molar-refractivity contribution in [2.75, 3.05) is 13.1 Å². The van der Waals surface area contributed by atoms with Crippen LogP contribution in [-0.2, 0) is 9.59 Å². The van der Waals surface area contributed by atoms with Gasteiger partial charge in [0.15, 0.2) is 0 Å². The first-order chi connectivity index (χ1) is 8.29. The lowest BCUT2D eigenvalue weighted by atomic mass is 9.97. The third kappa shape index (κ3) is 6.78. The standard InChI is InChI=1S/C13H25N3O2.ClH/c1-9(11(17)16-13(2,3)4)15-12(18)10-5-7-14-8-6-10;/h9-10,14H,5-8H2,1-4H3,(H,15,18)(H,16,17);1H. The van der Waals surface area contributed by atoms with Crippen LogP contribution in [0.15, 0.2) is 0 Å². The van der Waals surface area contributed by atoms with Crippen LogP contribution in [-0.4, -0.2) is 36.5 Å². The van der Waals surface area contributed by atoms with Crippen LogP contribution in [0.4, 0.5) is 0 Å². The largest absolute Gasteiger partial charge is 0.350 e. The van der Waals surface area contributed by atoms with Gasteiger partial charge in [-0.15, -0.1) is 12.4 Å². The zero-order valence-corrected chi connectivity index (χ0v) is 13.0. The minimum Gasteiger partial charge on any atom is -0.350 e. The highest BCUT2D eigenvalue weighted by Gasteiger charge is 2.25. The molecule has 1 rings (SSSR count). The molecule has 1 fully saturated rings. The van der Waals surface area contributed by atoms with Crippen LogP contribution in [0.5, 0.6) is 0 Å². The Labute approximate surface area is 121 Å². The molecule has 1 atom stereocenters. The second kappa shape index (κ2) is 7.70. The van der Waals surface area contributed by atoms with Crippen molar-refractivity contribution in [1.82, 2.24) is 16.0 Å². The fourth-order valence-corrected chi connectivity index (χ4v) is 1.96. The van der Waals surface area contributed by atoms with Crippen LogP contribution in [0.1, 0.15) is 40.5 Å². The van der Waals surface area contributed by atoms with E-state index >= 15 is 0 Å². The van der Waals surface area contributed by atoms with Crippen molar-refractivity contribution in [2.45, 2.75) is 52.1 Å². The molecule has 0 aromatic heterocycles. The zero-order chi connectivity index (χ0) is 13.8. The van der Waals surface area contributed by atoms with E-state index in [1.54, 1.807) is 6.92 Å². The smallest absolute Gasteiger partial charge is 0.242 e. The Kier molecular flexibility index (Phi) is 7.37. The lowest BCUT2D eigenvalue weighted by Crippen LogP contribution is -2.52. The van der Waals surface area contributed by atoms with Gasteiger partial charge in [-0.25, -0.2) is 0 Å². The molecular formula is C13H26ClN3O2. The molecule has 1 saturated heterocycles. The van der Waals surface area contributed by atoms with Gasteiger partial charge in [-0.1, -0.05) is 0 Å². The molecule has 0 saturated carbocycles.